The molecule has 0 spiro atoms. The zero-order valence-electron chi connectivity index (χ0n) is 3.51. The SMILES string of the molecule is [N-]=[N+]=C1CNC1=O. The Kier molecular flexibility index (Phi) is 0.670. The molecule has 1 aliphatic heterocycles. The molecule has 0 aliphatic carbocycles. The Bertz CT molecular complexity index is 156. The summed E-state index contributed by atoms with van der Waals surface area (Å²) in [7, 11) is 0. The molecule has 0 bridgehead atoms. The van der Waals surface area contributed by atoms with Gasteiger partial charge in [-0.1, -0.05) is 0 Å². The number of nitrogens with zero attached hydrogens (tertiary/aromatic N) is 2. The van der Waals surface area contributed by atoms with Gasteiger partial charge in [0, 0.05) is 0 Å². The number of hydrogen-bond donors (Lipinski definition) is 1. The van der Waals surface area contributed by atoms with Crippen LogP contribution in [0.15, 0.2) is 0 Å². The summed E-state index contributed by atoms with van der Waals surface area (Å²) in [5.41, 5.74) is 8.09. The van der Waals surface area contributed by atoms with E-state index in [0.29, 0.717) is 6.54 Å². The first-order chi connectivity index (χ1) is 3.34. The first-order valence-electron chi connectivity index (χ1n) is 1.83. The van der Waals surface area contributed by atoms with Gasteiger partial charge in [0.15, 0.2) is 0 Å². The fourth-order valence-corrected chi connectivity index (χ4v) is 0.320. The first-order valence-corrected chi connectivity index (χ1v) is 1.83. The molecule has 0 aromatic heterocycles. The molecular weight excluding hydrogens is 94.1 g/mol. The van der Waals surface area contributed by atoms with Gasteiger partial charge in [-0.05, 0) is 0 Å². The van der Waals surface area contributed by atoms with Gasteiger partial charge in [0.25, 0.3) is 0 Å². The van der Waals surface area contributed by atoms with Crippen molar-refractivity contribution in [2.24, 2.45) is 0 Å². The van der Waals surface area contributed by atoms with Crippen LogP contribution in [0.5, 0.6) is 0 Å². The van der Waals surface area contributed by atoms with Crippen molar-refractivity contribution in [3.05, 3.63) is 5.53 Å². The Labute approximate surface area is 39.8 Å². The molecule has 1 rings (SSSR count). The predicted octanol–water partition coefficient (Wildman–Crippen LogP) is -1.21. The lowest BCUT2D eigenvalue weighted by atomic mass is 10.2. The van der Waals surface area contributed by atoms with E-state index < -0.39 is 0 Å². The molecule has 7 heavy (non-hydrogen) atoms. The van der Waals surface area contributed by atoms with Gasteiger partial charge in [0.2, 0.25) is 0 Å². The Hall–Kier alpha value is -1.15. The van der Waals surface area contributed by atoms with Crippen LogP contribution < -0.4 is 5.32 Å². The van der Waals surface area contributed by atoms with Crippen molar-refractivity contribution in [3.8, 4) is 0 Å². The number of carbonyl (C=O) groups excluding carboxylic acids is 1. The lowest BCUT2D eigenvalue weighted by molar-refractivity contribution is -0.122. The van der Waals surface area contributed by atoms with E-state index in [1.54, 1.807) is 0 Å². The molecule has 36 valence electrons. The van der Waals surface area contributed by atoms with Gasteiger partial charge in [-0.2, -0.15) is 4.79 Å². The quantitative estimate of drug-likeness (QED) is 0.230. The van der Waals surface area contributed by atoms with E-state index in [-0.39, 0.29) is 11.6 Å². The minimum atomic E-state index is -0.275. The Balaban J connectivity index is 2.79. The fraction of sp³-hybridized carbons (Fsp3) is 0.333. The maximum absolute atomic E-state index is 10.1. The lowest BCUT2D eigenvalue weighted by Crippen LogP contribution is -2.49. The van der Waals surface area contributed by atoms with E-state index in [9.17, 15) is 4.79 Å². The monoisotopic (exact) mass is 97.0 g/mol. The molecule has 1 fully saturated rings. The smallest absolute Gasteiger partial charge is 0.361 e. The summed E-state index contributed by atoms with van der Waals surface area (Å²) >= 11 is 0. The van der Waals surface area contributed by atoms with Gasteiger partial charge in [-0.25, -0.2) is 0 Å². The maximum atomic E-state index is 10.1. The maximum Gasteiger partial charge on any atom is 0.374 e. The summed E-state index contributed by atoms with van der Waals surface area (Å²) < 4.78 is 0. The van der Waals surface area contributed by atoms with E-state index in [1.165, 1.54) is 0 Å². The topological polar surface area (TPSA) is 65.5 Å². The van der Waals surface area contributed by atoms with Crippen LogP contribution in [-0.4, -0.2) is 23.0 Å². The van der Waals surface area contributed by atoms with Gasteiger partial charge in [0.05, 0.1) is 0 Å². The molecule has 0 radical (unpaired) electrons. The van der Waals surface area contributed by atoms with Crippen molar-refractivity contribution in [2.75, 3.05) is 6.54 Å². The van der Waals surface area contributed by atoms with E-state index in [2.05, 4.69) is 10.1 Å². The van der Waals surface area contributed by atoms with Crippen molar-refractivity contribution >= 4 is 11.6 Å². The van der Waals surface area contributed by atoms with Crippen LogP contribution in [-0.2, 0) is 4.79 Å². The standard InChI is InChI=1S/C3H3N3O/c4-6-2-1-5-3(2)7/h1H2,(H,5,7). The summed E-state index contributed by atoms with van der Waals surface area (Å²) in [6.45, 7) is 0.398. The molecule has 0 aromatic carbocycles. The highest BCUT2D eigenvalue weighted by Gasteiger charge is 2.29. The number of nitrogens with one attached hydrogen (secondary N) is 1. The summed E-state index contributed by atoms with van der Waals surface area (Å²) in [5.74, 6) is -0.275. The molecule has 4 nitrogen and oxygen atoms in total. The van der Waals surface area contributed by atoms with E-state index in [1.807, 2.05) is 0 Å². The Morgan fingerprint density at radius 2 is 2.57 bits per heavy atom. The number of amides is 1. The number of β-lactam (4-membered cyclic amide) rings is 1. The van der Waals surface area contributed by atoms with Crippen molar-refractivity contribution in [3.63, 3.8) is 0 Å². The van der Waals surface area contributed by atoms with Crippen molar-refractivity contribution in [2.45, 2.75) is 0 Å². The third-order valence-corrected chi connectivity index (χ3v) is 0.799. The Morgan fingerprint density at radius 3 is 2.57 bits per heavy atom. The zero-order chi connectivity index (χ0) is 5.28. The molecule has 1 aliphatic rings. The minimum absolute atomic E-state index is 0.208. The van der Waals surface area contributed by atoms with Crippen molar-refractivity contribution in [1.82, 2.24) is 5.32 Å². The summed E-state index contributed by atoms with van der Waals surface area (Å²) in [6.07, 6.45) is 0. The van der Waals surface area contributed by atoms with Crippen molar-refractivity contribution < 1.29 is 9.58 Å². The average Bonchev–Trinajstić information content (AvgIpc) is 1.65. The number of rotatable bonds is 0. The minimum Gasteiger partial charge on any atom is -0.361 e. The second-order valence-electron chi connectivity index (χ2n) is 1.23. The highest BCUT2D eigenvalue weighted by Crippen LogP contribution is 1.80. The van der Waals surface area contributed by atoms with Crippen LogP contribution in [0.25, 0.3) is 5.53 Å². The van der Waals surface area contributed by atoms with Gasteiger partial charge in [0.1, 0.15) is 6.54 Å². The predicted molar refractivity (Wildman–Crippen MR) is 21.6 cm³/mol. The van der Waals surface area contributed by atoms with Crippen LogP contribution in [0.2, 0.25) is 0 Å². The molecular formula is C3H3N3O. The normalized spacial score (nSPS) is 17.1. The van der Waals surface area contributed by atoms with E-state index in [4.69, 9.17) is 5.53 Å². The van der Waals surface area contributed by atoms with Crippen LogP contribution in [0.3, 0.4) is 0 Å². The largest absolute Gasteiger partial charge is 0.374 e. The van der Waals surface area contributed by atoms with Crippen molar-refractivity contribution in [1.29, 1.82) is 0 Å². The first kappa shape index (κ1) is 4.02. The van der Waals surface area contributed by atoms with Crippen LogP contribution in [0, 0.1) is 0 Å². The van der Waals surface area contributed by atoms with Crippen LogP contribution in [0.1, 0.15) is 0 Å². The Morgan fingerprint density at radius 1 is 1.86 bits per heavy atom. The molecule has 1 saturated heterocycles. The molecule has 4 heteroatoms. The summed E-state index contributed by atoms with van der Waals surface area (Å²) in [5, 5.41) is 2.38. The number of carbonyl (C=O) groups is 1. The van der Waals surface area contributed by atoms with Gasteiger partial charge in [-0.3, -0.25) is 4.79 Å². The van der Waals surface area contributed by atoms with Gasteiger partial charge in [-0.15, -0.1) is 0 Å². The second-order valence-corrected chi connectivity index (χ2v) is 1.23. The van der Waals surface area contributed by atoms with Gasteiger partial charge < -0.3 is 10.8 Å². The van der Waals surface area contributed by atoms with Crippen LogP contribution >= 0.6 is 0 Å². The molecule has 0 aromatic rings. The lowest BCUT2D eigenvalue weighted by Gasteiger charge is -2.04. The highest BCUT2D eigenvalue weighted by molar-refractivity contribution is 6.43. The fourth-order valence-electron chi connectivity index (χ4n) is 0.320. The molecule has 1 heterocycles. The number of hydrogen-bond acceptors (Lipinski definition) is 1. The molecule has 0 saturated carbocycles. The molecule has 1 amide bonds. The summed E-state index contributed by atoms with van der Waals surface area (Å²) in [6, 6.07) is 0. The van der Waals surface area contributed by atoms with E-state index >= 15 is 0 Å². The highest BCUT2D eigenvalue weighted by atomic mass is 16.2. The third-order valence-electron chi connectivity index (χ3n) is 0.799. The molecule has 0 unspecified atom stereocenters. The average molecular weight is 97.1 g/mol. The molecule has 1 N–H and O–H groups in total. The van der Waals surface area contributed by atoms with Gasteiger partial charge >= 0.3 is 11.6 Å². The second kappa shape index (κ2) is 1.17. The molecule has 0 atom stereocenters. The third kappa shape index (κ3) is 0.406. The summed E-state index contributed by atoms with van der Waals surface area (Å²) in [4.78, 5) is 12.7. The zero-order valence-corrected chi connectivity index (χ0v) is 3.51. The van der Waals surface area contributed by atoms with E-state index in [0.717, 1.165) is 0 Å². The van der Waals surface area contributed by atoms with Crippen LogP contribution in [0.4, 0.5) is 0 Å².